The molecule has 1 aliphatic rings. The van der Waals surface area contributed by atoms with Crippen LogP contribution >= 0.6 is 0 Å². The lowest BCUT2D eigenvalue weighted by Gasteiger charge is -2.13. The van der Waals surface area contributed by atoms with Gasteiger partial charge >= 0.3 is 13.5 Å². The van der Waals surface area contributed by atoms with E-state index in [1.807, 2.05) is 0 Å². The summed E-state index contributed by atoms with van der Waals surface area (Å²) < 4.78 is 46.2. The van der Waals surface area contributed by atoms with Crippen LogP contribution in [0.2, 0.25) is 0 Å². The number of benzene rings is 2. The van der Waals surface area contributed by atoms with Gasteiger partial charge in [-0.15, -0.1) is 13.2 Å². The molecule has 2 aromatic rings. The number of alkyl halides is 3. The highest BCUT2D eigenvalue weighted by Gasteiger charge is 2.32. The van der Waals surface area contributed by atoms with Gasteiger partial charge in [-0.3, -0.25) is 4.79 Å². The lowest BCUT2D eigenvalue weighted by Crippen LogP contribution is -2.30. The summed E-state index contributed by atoms with van der Waals surface area (Å²) in [5, 5.41) is 12.2. The van der Waals surface area contributed by atoms with Crippen LogP contribution in [-0.4, -0.2) is 24.4 Å². The van der Waals surface area contributed by atoms with Gasteiger partial charge in [-0.25, -0.2) is 0 Å². The second kappa shape index (κ2) is 6.77. The topological polar surface area (TPSA) is 67.8 Å². The molecule has 2 N–H and O–H groups in total. The van der Waals surface area contributed by atoms with Crippen LogP contribution in [0.3, 0.4) is 0 Å². The fraction of sp³-hybridized carbons (Fsp3) is 0.188. The second-order valence-corrected chi connectivity index (χ2v) is 5.42. The van der Waals surface area contributed by atoms with Gasteiger partial charge in [0.1, 0.15) is 5.75 Å². The number of hydrogen-bond acceptors (Lipinski definition) is 4. The normalized spacial score (nSPS) is 13.5. The first kappa shape index (κ1) is 17.3. The van der Waals surface area contributed by atoms with Crippen molar-refractivity contribution in [3.63, 3.8) is 0 Å². The molecule has 130 valence electrons. The van der Waals surface area contributed by atoms with Crippen molar-refractivity contribution in [3.8, 4) is 5.75 Å². The van der Waals surface area contributed by atoms with Crippen molar-refractivity contribution in [1.29, 1.82) is 0 Å². The minimum atomic E-state index is -4.81. The minimum Gasteiger partial charge on any atom is -0.423 e. The van der Waals surface area contributed by atoms with Gasteiger partial charge in [0.05, 0.1) is 6.61 Å². The number of halogens is 3. The quantitative estimate of drug-likeness (QED) is 0.824. The zero-order chi connectivity index (χ0) is 18.0. The summed E-state index contributed by atoms with van der Waals surface area (Å²) in [5.41, 5.74) is 1.76. The molecule has 0 fully saturated rings. The monoisotopic (exact) mass is 351 g/mol. The van der Waals surface area contributed by atoms with Gasteiger partial charge in [0, 0.05) is 17.7 Å². The third-order valence-electron chi connectivity index (χ3n) is 3.71. The molecule has 5 nitrogen and oxygen atoms in total. The molecule has 0 radical (unpaired) electrons. The van der Waals surface area contributed by atoms with Crippen LogP contribution in [-0.2, 0) is 17.8 Å². The number of para-hydroxylation sites is 1. The van der Waals surface area contributed by atoms with Crippen LogP contribution < -0.4 is 15.5 Å². The smallest absolute Gasteiger partial charge is 0.423 e. The third-order valence-corrected chi connectivity index (χ3v) is 3.71. The summed E-state index contributed by atoms with van der Waals surface area (Å²) in [6, 6.07) is 10.3. The van der Waals surface area contributed by atoms with E-state index >= 15 is 0 Å². The Bertz CT molecular complexity index is 797. The Morgan fingerprint density at radius 2 is 2.04 bits per heavy atom. The number of fused-ring (bicyclic) bond motifs is 1. The Morgan fingerprint density at radius 1 is 1.28 bits per heavy atom. The van der Waals surface area contributed by atoms with E-state index in [4.69, 9.17) is 4.65 Å². The molecule has 0 atom stereocenters. The second-order valence-electron chi connectivity index (χ2n) is 5.42. The van der Waals surface area contributed by atoms with Crippen molar-refractivity contribution in [3.05, 3.63) is 59.2 Å². The van der Waals surface area contributed by atoms with E-state index in [1.54, 1.807) is 18.2 Å². The van der Waals surface area contributed by atoms with E-state index in [-0.39, 0.29) is 30.0 Å². The number of carbonyl (C=O) groups excluding carboxylic acids is 1. The lowest BCUT2D eigenvalue weighted by molar-refractivity contribution is -0.274. The zero-order valence-corrected chi connectivity index (χ0v) is 12.8. The average Bonchev–Trinajstić information content (AvgIpc) is 2.93. The van der Waals surface area contributed by atoms with Gasteiger partial charge in [0.25, 0.3) is 5.91 Å². The number of nitrogens with one attached hydrogen (secondary N) is 1. The highest BCUT2D eigenvalue weighted by atomic mass is 19.4. The van der Waals surface area contributed by atoms with Crippen LogP contribution in [0.1, 0.15) is 21.5 Å². The van der Waals surface area contributed by atoms with E-state index in [2.05, 4.69) is 10.1 Å². The summed E-state index contributed by atoms with van der Waals surface area (Å²) in [7, 11) is -1.08. The van der Waals surface area contributed by atoms with Crippen molar-refractivity contribution in [2.24, 2.45) is 0 Å². The molecule has 1 aliphatic heterocycles. The first-order valence-corrected chi connectivity index (χ1v) is 7.38. The predicted molar refractivity (Wildman–Crippen MR) is 83.1 cm³/mol. The molecule has 0 saturated heterocycles. The number of rotatable bonds is 4. The average molecular weight is 351 g/mol. The van der Waals surface area contributed by atoms with E-state index in [1.165, 1.54) is 24.3 Å². The van der Waals surface area contributed by atoms with Gasteiger partial charge in [-0.05, 0) is 29.2 Å². The van der Waals surface area contributed by atoms with Crippen molar-refractivity contribution in [2.75, 3.05) is 0 Å². The lowest BCUT2D eigenvalue weighted by atomic mass is 9.79. The Labute approximate surface area is 141 Å². The van der Waals surface area contributed by atoms with Gasteiger partial charge < -0.3 is 19.7 Å². The van der Waals surface area contributed by atoms with Gasteiger partial charge in [0.2, 0.25) is 0 Å². The molecule has 0 aromatic heterocycles. The molecule has 0 aliphatic carbocycles. The molecule has 2 aromatic carbocycles. The van der Waals surface area contributed by atoms with Crippen LogP contribution in [0, 0.1) is 0 Å². The number of hydrogen-bond donors (Lipinski definition) is 2. The number of amides is 1. The highest BCUT2D eigenvalue weighted by molar-refractivity contribution is 6.61. The van der Waals surface area contributed by atoms with Crippen LogP contribution in [0.5, 0.6) is 5.75 Å². The van der Waals surface area contributed by atoms with Gasteiger partial charge in [-0.1, -0.05) is 24.3 Å². The first-order chi connectivity index (χ1) is 11.8. The maximum Gasteiger partial charge on any atom is 0.573 e. The molecule has 0 bridgehead atoms. The number of ether oxygens (including phenoxy) is 1. The van der Waals surface area contributed by atoms with E-state index in [0.29, 0.717) is 5.46 Å². The fourth-order valence-corrected chi connectivity index (χ4v) is 2.51. The molecule has 9 heteroatoms. The van der Waals surface area contributed by atoms with Crippen molar-refractivity contribution < 1.29 is 32.4 Å². The Balaban J connectivity index is 1.70. The summed E-state index contributed by atoms with van der Waals surface area (Å²) in [6.07, 6.45) is -4.81. The Morgan fingerprint density at radius 3 is 2.80 bits per heavy atom. The standard InChI is InChI=1S/C16H13BF3NO4/c18-16(19,20)25-14-4-2-1-3-11(14)8-21-15(22)10-5-6-12-9-24-17(23)13(12)7-10/h1-7,23H,8-9H2,(H,21,22). The summed E-state index contributed by atoms with van der Waals surface area (Å²) >= 11 is 0. The van der Waals surface area contributed by atoms with Crippen LogP contribution in [0.25, 0.3) is 0 Å². The van der Waals surface area contributed by atoms with Crippen LogP contribution in [0.4, 0.5) is 13.2 Å². The molecule has 0 spiro atoms. The molecule has 1 heterocycles. The Hall–Kier alpha value is -2.52. The van der Waals surface area contributed by atoms with Crippen molar-refractivity contribution in [2.45, 2.75) is 19.5 Å². The summed E-state index contributed by atoms with van der Waals surface area (Å²) in [4.78, 5) is 12.2. The van der Waals surface area contributed by atoms with Crippen molar-refractivity contribution >= 4 is 18.5 Å². The molecule has 0 saturated carbocycles. The molecule has 25 heavy (non-hydrogen) atoms. The zero-order valence-electron chi connectivity index (χ0n) is 12.8. The number of carbonyl (C=O) groups is 1. The molecular formula is C16H13BF3NO4. The molecule has 3 rings (SSSR count). The molecule has 1 amide bonds. The fourth-order valence-electron chi connectivity index (χ4n) is 2.51. The third kappa shape index (κ3) is 4.12. The van der Waals surface area contributed by atoms with E-state index < -0.39 is 19.4 Å². The maximum absolute atomic E-state index is 12.4. The molecule has 0 unspecified atom stereocenters. The highest BCUT2D eigenvalue weighted by Crippen LogP contribution is 2.26. The van der Waals surface area contributed by atoms with Crippen LogP contribution in [0.15, 0.2) is 42.5 Å². The predicted octanol–water partition coefficient (Wildman–Crippen LogP) is 1.73. The van der Waals surface area contributed by atoms with E-state index in [9.17, 15) is 23.0 Å². The Kier molecular flexibility index (Phi) is 4.69. The largest absolute Gasteiger partial charge is 0.573 e. The summed E-state index contributed by atoms with van der Waals surface area (Å²) in [5.74, 6) is -0.850. The van der Waals surface area contributed by atoms with E-state index in [0.717, 1.165) is 5.56 Å². The minimum absolute atomic E-state index is 0.138. The maximum atomic E-state index is 12.4. The van der Waals surface area contributed by atoms with Crippen molar-refractivity contribution in [1.82, 2.24) is 5.32 Å². The molecular weight excluding hydrogens is 338 g/mol. The van der Waals surface area contributed by atoms with Gasteiger partial charge in [0.15, 0.2) is 0 Å². The summed E-state index contributed by atoms with van der Waals surface area (Å²) in [6.45, 7) is 0.127. The first-order valence-electron chi connectivity index (χ1n) is 7.38. The SMILES string of the molecule is O=C(NCc1ccccc1OC(F)(F)F)c1ccc2c(c1)B(O)OC2. The van der Waals surface area contributed by atoms with Gasteiger partial charge in [-0.2, -0.15) is 0 Å².